The smallest absolute Gasteiger partial charge is 0.00823 e. The third-order valence-electron chi connectivity index (χ3n) is 4.68. The van der Waals surface area contributed by atoms with Crippen molar-refractivity contribution in [2.75, 3.05) is 19.3 Å². The lowest BCUT2D eigenvalue weighted by atomic mass is 10.1. The fraction of sp³-hybridized carbons (Fsp3) is 1.00. The summed E-state index contributed by atoms with van der Waals surface area (Å²) in [6.45, 7) is 7.24. The summed E-state index contributed by atoms with van der Waals surface area (Å²) >= 11 is 2.06. The number of nitrogens with zero attached hydrogens (tertiary/aromatic N) is 1. The van der Waals surface area contributed by atoms with Crippen LogP contribution in [0, 0.1) is 0 Å². The van der Waals surface area contributed by atoms with Crippen molar-refractivity contribution in [3.63, 3.8) is 0 Å². The third-order valence-corrected chi connectivity index (χ3v) is 5.78. The summed E-state index contributed by atoms with van der Waals surface area (Å²) in [5.41, 5.74) is 0. The van der Waals surface area contributed by atoms with Crippen molar-refractivity contribution < 1.29 is 0 Å². The second-order valence-electron chi connectivity index (χ2n) is 6.29. The minimum absolute atomic E-state index is 0.719. The number of hydrogen-bond acceptors (Lipinski definition) is 3. The molecule has 106 valence electrons. The van der Waals surface area contributed by atoms with Gasteiger partial charge in [0, 0.05) is 23.4 Å². The van der Waals surface area contributed by atoms with Gasteiger partial charge in [0.1, 0.15) is 0 Å². The van der Waals surface area contributed by atoms with E-state index < -0.39 is 0 Å². The topological polar surface area (TPSA) is 15.3 Å². The van der Waals surface area contributed by atoms with Gasteiger partial charge in [-0.3, -0.25) is 0 Å². The molecular weight excluding hydrogens is 240 g/mol. The largest absolute Gasteiger partial charge is 0.311 e. The molecule has 0 radical (unpaired) electrons. The summed E-state index contributed by atoms with van der Waals surface area (Å²) in [6.07, 6.45) is 10.6. The third kappa shape index (κ3) is 4.14. The summed E-state index contributed by atoms with van der Waals surface area (Å²) < 4.78 is 0. The first-order chi connectivity index (χ1) is 8.69. The van der Waals surface area contributed by atoms with Gasteiger partial charge >= 0.3 is 0 Å². The number of nitrogens with one attached hydrogen (secondary N) is 1. The van der Waals surface area contributed by atoms with E-state index in [0.29, 0.717) is 0 Å². The summed E-state index contributed by atoms with van der Waals surface area (Å²) in [5, 5.41) is 4.86. The molecule has 2 fully saturated rings. The van der Waals surface area contributed by atoms with Gasteiger partial charge in [0.25, 0.3) is 0 Å². The van der Waals surface area contributed by atoms with Gasteiger partial charge in [-0.15, -0.1) is 0 Å². The van der Waals surface area contributed by atoms with Crippen LogP contribution in [-0.4, -0.2) is 47.6 Å². The lowest BCUT2D eigenvalue weighted by Gasteiger charge is -2.25. The predicted octanol–water partition coefficient (Wildman–Crippen LogP) is 3.12. The highest BCUT2D eigenvalue weighted by Crippen LogP contribution is 2.29. The maximum absolute atomic E-state index is 3.94. The molecule has 3 atom stereocenters. The van der Waals surface area contributed by atoms with E-state index in [4.69, 9.17) is 0 Å². The van der Waals surface area contributed by atoms with Crippen LogP contribution in [0.5, 0.6) is 0 Å². The Kier molecular flexibility index (Phi) is 5.84. The summed E-state index contributed by atoms with van der Waals surface area (Å²) in [6, 6.07) is 2.30. The molecule has 1 heterocycles. The maximum atomic E-state index is 3.94. The number of hydrogen-bond donors (Lipinski definition) is 1. The first kappa shape index (κ1) is 14.7. The lowest BCUT2D eigenvalue weighted by molar-refractivity contribution is 0.228. The van der Waals surface area contributed by atoms with Crippen molar-refractivity contribution in [3.05, 3.63) is 0 Å². The molecule has 0 aromatic carbocycles. The first-order valence-corrected chi connectivity index (χ1v) is 9.00. The Balaban J connectivity index is 1.74. The van der Waals surface area contributed by atoms with Crippen molar-refractivity contribution >= 4 is 11.8 Å². The van der Waals surface area contributed by atoms with Gasteiger partial charge in [-0.25, -0.2) is 0 Å². The van der Waals surface area contributed by atoms with Crippen LogP contribution in [-0.2, 0) is 0 Å². The highest BCUT2D eigenvalue weighted by molar-refractivity contribution is 7.99. The number of rotatable bonds is 4. The van der Waals surface area contributed by atoms with Gasteiger partial charge in [-0.1, -0.05) is 0 Å². The molecule has 0 bridgehead atoms. The molecule has 1 saturated carbocycles. The molecule has 0 aromatic heterocycles. The Morgan fingerprint density at radius 1 is 1.06 bits per heavy atom. The molecule has 0 amide bonds. The van der Waals surface area contributed by atoms with Crippen molar-refractivity contribution in [3.8, 4) is 0 Å². The van der Waals surface area contributed by atoms with E-state index in [2.05, 4.69) is 42.1 Å². The van der Waals surface area contributed by atoms with Crippen LogP contribution >= 0.6 is 11.8 Å². The summed E-state index contributed by atoms with van der Waals surface area (Å²) in [5.74, 6) is 0. The van der Waals surface area contributed by atoms with E-state index in [1.165, 1.54) is 51.6 Å². The van der Waals surface area contributed by atoms with E-state index in [1.807, 2.05) is 0 Å². The van der Waals surface area contributed by atoms with E-state index in [-0.39, 0.29) is 0 Å². The van der Waals surface area contributed by atoms with Crippen LogP contribution in [0.4, 0.5) is 0 Å². The highest BCUT2D eigenvalue weighted by Gasteiger charge is 2.27. The van der Waals surface area contributed by atoms with Crippen molar-refractivity contribution in [2.24, 2.45) is 0 Å². The molecule has 2 nitrogen and oxygen atoms in total. The summed E-state index contributed by atoms with van der Waals surface area (Å²) in [4.78, 5) is 2.64. The zero-order valence-electron chi connectivity index (χ0n) is 12.3. The molecule has 2 rings (SSSR count). The lowest BCUT2D eigenvalue weighted by Crippen LogP contribution is -2.38. The van der Waals surface area contributed by atoms with E-state index in [1.54, 1.807) is 0 Å². The van der Waals surface area contributed by atoms with Crippen LogP contribution in [0.15, 0.2) is 0 Å². The van der Waals surface area contributed by atoms with E-state index >= 15 is 0 Å². The normalized spacial score (nSPS) is 35.0. The van der Waals surface area contributed by atoms with Gasteiger partial charge in [0.05, 0.1) is 0 Å². The Morgan fingerprint density at radius 2 is 1.89 bits per heavy atom. The van der Waals surface area contributed by atoms with Gasteiger partial charge in [-0.2, -0.15) is 11.8 Å². The van der Waals surface area contributed by atoms with Crippen LogP contribution in [0.25, 0.3) is 0 Å². The fourth-order valence-electron chi connectivity index (χ4n) is 3.44. The predicted molar refractivity (Wildman–Crippen MR) is 82.4 cm³/mol. The Hall–Kier alpha value is 0.270. The van der Waals surface area contributed by atoms with Crippen molar-refractivity contribution in [2.45, 2.75) is 75.7 Å². The molecule has 1 N–H and O–H groups in total. The van der Waals surface area contributed by atoms with Gasteiger partial charge in [-0.05, 0) is 71.7 Å². The fourth-order valence-corrected chi connectivity index (χ4v) is 4.24. The van der Waals surface area contributed by atoms with E-state index in [9.17, 15) is 0 Å². The molecule has 1 aliphatic carbocycles. The molecule has 0 aromatic rings. The minimum Gasteiger partial charge on any atom is -0.311 e. The molecule has 1 aliphatic heterocycles. The maximum Gasteiger partial charge on any atom is 0.00823 e. The van der Waals surface area contributed by atoms with Crippen LogP contribution in [0.1, 0.15) is 52.4 Å². The molecule has 3 unspecified atom stereocenters. The molecule has 2 aliphatic rings. The van der Waals surface area contributed by atoms with Crippen molar-refractivity contribution in [1.82, 2.24) is 10.2 Å². The van der Waals surface area contributed by atoms with Gasteiger partial charge < -0.3 is 10.2 Å². The summed E-state index contributed by atoms with van der Waals surface area (Å²) in [7, 11) is 0. The minimum atomic E-state index is 0.719. The van der Waals surface area contributed by atoms with Gasteiger partial charge in [0.15, 0.2) is 0 Å². The average molecular weight is 270 g/mol. The standard InChI is InChI=1S/C15H30N2S/c1-12(2)17-9-4-5-13(8-10-17)16-14-6-7-15(11-14)18-3/h12-16H,4-11H2,1-3H3. The Morgan fingerprint density at radius 3 is 2.56 bits per heavy atom. The highest BCUT2D eigenvalue weighted by atomic mass is 32.2. The molecule has 0 spiro atoms. The van der Waals surface area contributed by atoms with Gasteiger partial charge in [0.2, 0.25) is 0 Å². The second-order valence-corrected chi connectivity index (χ2v) is 7.43. The second kappa shape index (κ2) is 7.16. The van der Waals surface area contributed by atoms with Crippen LogP contribution in [0.3, 0.4) is 0 Å². The quantitative estimate of drug-likeness (QED) is 0.845. The SMILES string of the molecule is CSC1CCC(NC2CCCN(C(C)C)CC2)C1. The van der Waals surface area contributed by atoms with Crippen LogP contribution < -0.4 is 5.32 Å². The molecule has 1 saturated heterocycles. The van der Waals surface area contributed by atoms with E-state index in [0.717, 1.165) is 23.4 Å². The molecule has 18 heavy (non-hydrogen) atoms. The number of likely N-dealkylation sites (tertiary alicyclic amines) is 1. The molecular formula is C15H30N2S. The molecule has 3 heteroatoms. The first-order valence-electron chi connectivity index (χ1n) is 7.72. The average Bonchev–Trinajstić information content (AvgIpc) is 2.66. The Labute approximate surface area is 117 Å². The zero-order valence-corrected chi connectivity index (χ0v) is 13.1. The van der Waals surface area contributed by atoms with Crippen molar-refractivity contribution in [1.29, 1.82) is 0 Å². The zero-order chi connectivity index (χ0) is 13.0. The number of thioether (sulfide) groups is 1. The van der Waals surface area contributed by atoms with Crippen LogP contribution in [0.2, 0.25) is 0 Å². The monoisotopic (exact) mass is 270 g/mol. The Bertz CT molecular complexity index is 245.